The van der Waals surface area contributed by atoms with Crippen molar-refractivity contribution in [1.29, 1.82) is 0 Å². The lowest BCUT2D eigenvalue weighted by Crippen LogP contribution is -2.07. The fraction of sp³-hybridized carbons (Fsp3) is 0.667. The van der Waals surface area contributed by atoms with Gasteiger partial charge >= 0.3 is 0 Å². The van der Waals surface area contributed by atoms with E-state index >= 15 is 0 Å². The zero-order valence-electron chi connectivity index (χ0n) is 7.60. The molecule has 1 saturated carbocycles. The van der Waals surface area contributed by atoms with Crippen molar-refractivity contribution in [3.63, 3.8) is 0 Å². The van der Waals surface area contributed by atoms with Crippen molar-refractivity contribution in [2.45, 2.75) is 26.2 Å². The average Bonchev–Trinajstić information content (AvgIpc) is 2.79. The van der Waals surface area contributed by atoms with E-state index in [1.54, 1.807) is 6.20 Å². The van der Waals surface area contributed by atoms with Crippen molar-refractivity contribution in [3.8, 4) is 0 Å². The molecule has 68 valence electrons. The van der Waals surface area contributed by atoms with Gasteiger partial charge in [-0.1, -0.05) is 6.92 Å². The van der Waals surface area contributed by atoms with Crippen LogP contribution in [0, 0.1) is 5.41 Å². The highest BCUT2D eigenvalue weighted by Gasteiger charge is 2.38. The Bertz CT molecular complexity index is 227. The quantitative estimate of drug-likeness (QED) is 0.744. The first kappa shape index (κ1) is 9.78. The predicted molar refractivity (Wildman–Crippen MR) is 56.5 cm³/mol. The maximum Gasteiger partial charge on any atom is 0.0540 e. The highest BCUT2D eigenvalue weighted by molar-refractivity contribution is 9.12. The molecule has 0 saturated heterocycles. The second-order valence-electron chi connectivity index (χ2n) is 3.67. The van der Waals surface area contributed by atoms with E-state index in [1.807, 2.05) is 7.05 Å². The van der Waals surface area contributed by atoms with Crippen molar-refractivity contribution >= 4 is 21.6 Å². The monoisotopic (exact) mass is 230 g/mol. The summed E-state index contributed by atoms with van der Waals surface area (Å²) in [7, 11) is 1.81. The lowest BCUT2D eigenvalue weighted by molar-refractivity contribution is 0.604. The number of nitrogens with two attached hydrogens (primary N) is 1. The summed E-state index contributed by atoms with van der Waals surface area (Å²) < 4.78 is 0.929. The van der Waals surface area contributed by atoms with Crippen molar-refractivity contribution in [2.24, 2.45) is 16.1 Å². The Balaban J connectivity index is 2.59. The molecule has 0 atom stereocenters. The third kappa shape index (κ3) is 2.34. The van der Waals surface area contributed by atoms with E-state index in [4.69, 9.17) is 5.73 Å². The molecular formula is C9H15BrN2. The first-order valence-electron chi connectivity index (χ1n) is 4.15. The molecule has 1 aliphatic rings. The molecule has 2 N–H and O–H groups in total. The van der Waals surface area contributed by atoms with Crippen LogP contribution >= 0.6 is 15.9 Å². The molecule has 0 aliphatic heterocycles. The van der Waals surface area contributed by atoms with E-state index in [2.05, 4.69) is 27.8 Å². The topological polar surface area (TPSA) is 38.4 Å². The van der Waals surface area contributed by atoms with Gasteiger partial charge in [0, 0.05) is 13.2 Å². The zero-order valence-corrected chi connectivity index (χ0v) is 9.19. The number of rotatable bonds is 3. The van der Waals surface area contributed by atoms with Gasteiger partial charge in [-0.15, -0.1) is 0 Å². The van der Waals surface area contributed by atoms with Gasteiger partial charge in [0.1, 0.15) is 0 Å². The molecule has 1 fully saturated rings. The van der Waals surface area contributed by atoms with Crippen LogP contribution in [0.1, 0.15) is 26.2 Å². The Kier molecular flexibility index (Phi) is 2.94. The zero-order chi connectivity index (χ0) is 9.19. The van der Waals surface area contributed by atoms with Crippen LogP contribution in [-0.4, -0.2) is 12.8 Å². The van der Waals surface area contributed by atoms with Crippen LogP contribution in [0.3, 0.4) is 0 Å². The number of aliphatic imine (C=N–C) groups is 1. The minimum absolute atomic E-state index is 0.497. The van der Waals surface area contributed by atoms with Crippen LogP contribution in [0.15, 0.2) is 15.7 Å². The molecule has 0 aromatic heterocycles. The Hall–Kier alpha value is -0.310. The largest absolute Gasteiger partial charge is 0.404 e. The van der Waals surface area contributed by atoms with Crippen LogP contribution in [0.4, 0.5) is 0 Å². The van der Waals surface area contributed by atoms with Gasteiger partial charge in [0.15, 0.2) is 0 Å². The van der Waals surface area contributed by atoms with Crippen LogP contribution in [0.25, 0.3) is 0 Å². The highest BCUT2D eigenvalue weighted by atomic mass is 79.9. The Morgan fingerprint density at radius 2 is 2.25 bits per heavy atom. The molecule has 0 unspecified atom stereocenters. The third-order valence-electron chi connectivity index (χ3n) is 2.39. The number of hydrogen-bond donors (Lipinski definition) is 1. The molecule has 0 radical (unpaired) electrons. The molecule has 1 aliphatic carbocycles. The van der Waals surface area contributed by atoms with E-state index in [0.717, 1.165) is 16.6 Å². The summed E-state index contributed by atoms with van der Waals surface area (Å²) in [5.74, 6) is 0. The van der Waals surface area contributed by atoms with Gasteiger partial charge in [0.2, 0.25) is 0 Å². The van der Waals surface area contributed by atoms with Crippen molar-refractivity contribution in [2.75, 3.05) is 7.05 Å². The maximum absolute atomic E-state index is 5.40. The molecule has 0 heterocycles. The summed E-state index contributed by atoms with van der Waals surface area (Å²) >= 11 is 3.39. The summed E-state index contributed by atoms with van der Waals surface area (Å²) in [6.45, 7) is 2.29. The van der Waals surface area contributed by atoms with Gasteiger partial charge in [0.05, 0.1) is 10.2 Å². The van der Waals surface area contributed by atoms with E-state index in [0.29, 0.717) is 5.41 Å². The van der Waals surface area contributed by atoms with Gasteiger partial charge in [-0.2, -0.15) is 0 Å². The Morgan fingerprint density at radius 1 is 1.67 bits per heavy atom. The maximum atomic E-state index is 5.40. The SMILES string of the molecule is CN=C(CC1(C)CC1)C(Br)=CN. The number of allylic oxidation sites excluding steroid dienone is 1. The van der Waals surface area contributed by atoms with Crippen LogP contribution < -0.4 is 5.73 Å². The van der Waals surface area contributed by atoms with Gasteiger partial charge in [-0.3, -0.25) is 4.99 Å². The Morgan fingerprint density at radius 3 is 2.58 bits per heavy atom. The summed E-state index contributed by atoms with van der Waals surface area (Å²) in [5, 5.41) is 0. The van der Waals surface area contributed by atoms with Gasteiger partial charge < -0.3 is 5.73 Å². The summed E-state index contributed by atoms with van der Waals surface area (Å²) in [5.41, 5.74) is 6.98. The Labute approximate surface area is 82.1 Å². The summed E-state index contributed by atoms with van der Waals surface area (Å²) in [6.07, 6.45) is 5.24. The third-order valence-corrected chi connectivity index (χ3v) is 3.11. The highest BCUT2D eigenvalue weighted by Crippen LogP contribution is 2.49. The normalized spacial score (nSPS) is 22.6. The average molecular weight is 231 g/mol. The number of nitrogens with zero attached hydrogens (tertiary/aromatic N) is 1. The molecule has 0 bridgehead atoms. The molecule has 12 heavy (non-hydrogen) atoms. The molecule has 0 aromatic rings. The second-order valence-corrected chi connectivity index (χ2v) is 4.53. The molecule has 0 aromatic carbocycles. The van der Waals surface area contributed by atoms with Gasteiger partial charge in [-0.25, -0.2) is 0 Å². The van der Waals surface area contributed by atoms with E-state index in [1.165, 1.54) is 12.8 Å². The first-order valence-corrected chi connectivity index (χ1v) is 4.94. The fourth-order valence-corrected chi connectivity index (χ4v) is 1.48. The van der Waals surface area contributed by atoms with E-state index in [-0.39, 0.29) is 0 Å². The van der Waals surface area contributed by atoms with Crippen LogP contribution in [-0.2, 0) is 0 Å². The predicted octanol–water partition coefficient (Wildman–Crippen LogP) is 2.44. The molecule has 3 heteroatoms. The lowest BCUT2D eigenvalue weighted by atomic mass is 10.0. The number of halogens is 1. The molecule has 0 spiro atoms. The molecule has 1 rings (SSSR count). The van der Waals surface area contributed by atoms with E-state index < -0.39 is 0 Å². The fourth-order valence-electron chi connectivity index (χ4n) is 1.16. The minimum atomic E-state index is 0.497. The van der Waals surface area contributed by atoms with Crippen LogP contribution in [0.2, 0.25) is 0 Å². The number of hydrogen-bond acceptors (Lipinski definition) is 2. The van der Waals surface area contributed by atoms with Crippen molar-refractivity contribution in [3.05, 3.63) is 10.7 Å². The van der Waals surface area contributed by atoms with Crippen molar-refractivity contribution in [1.82, 2.24) is 0 Å². The lowest BCUT2D eigenvalue weighted by Gasteiger charge is -2.09. The first-order chi connectivity index (χ1) is 5.61. The van der Waals surface area contributed by atoms with E-state index in [9.17, 15) is 0 Å². The van der Waals surface area contributed by atoms with Crippen molar-refractivity contribution < 1.29 is 0 Å². The minimum Gasteiger partial charge on any atom is -0.404 e. The molecule has 0 amide bonds. The van der Waals surface area contributed by atoms with Gasteiger partial charge in [0.25, 0.3) is 0 Å². The standard InChI is InChI=1S/C9H15BrN2/c1-9(3-4-9)5-8(12-2)7(10)6-11/h6H,3-5,11H2,1-2H3. The summed E-state index contributed by atoms with van der Waals surface area (Å²) in [4.78, 5) is 4.21. The summed E-state index contributed by atoms with van der Waals surface area (Å²) in [6, 6.07) is 0. The second kappa shape index (κ2) is 3.60. The molecule has 2 nitrogen and oxygen atoms in total. The smallest absolute Gasteiger partial charge is 0.0540 e. The van der Waals surface area contributed by atoms with Crippen LogP contribution in [0.5, 0.6) is 0 Å². The molecular weight excluding hydrogens is 216 g/mol. The van der Waals surface area contributed by atoms with Gasteiger partial charge in [-0.05, 0) is 40.6 Å².